The van der Waals surface area contributed by atoms with Crippen LogP contribution in [0.5, 0.6) is 5.75 Å². The van der Waals surface area contributed by atoms with E-state index < -0.39 is 6.09 Å². The van der Waals surface area contributed by atoms with Crippen molar-refractivity contribution in [2.75, 3.05) is 12.4 Å². The third-order valence-electron chi connectivity index (χ3n) is 1.37. The lowest BCUT2D eigenvalue weighted by atomic mass is 10.3. The van der Waals surface area contributed by atoms with Crippen LogP contribution in [0.15, 0.2) is 24.3 Å². The summed E-state index contributed by atoms with van der Waals surface area (Å²) in [6.45, 7) is 0. The number of amides is 1. The van der Waals surface area contributed by atoms with Crippen LogP contribution in [0.1, 0.15) is 0 Å². The monoisotopic (exact) mass is 166 g/mol. The van der Waals surface area contributed by atoms with Gasteiger partial charge in [-0.25, -0.2) is 4.79 Å². The first-order valence-electron chi connectivity index (χ1n) is 3.48. The molecule has 0 atom stereocenters. The molecule has 0 bridgehead atoms. The van der Waals surface area contributed by atoms with Gasteiger partial charge in [0.05, 0.1) is 5.69 Å². The largest absolute Gasteiger partial charge is 0.410 e. The van der Waals surface area contributed by atoms with E-state index in [2.05, 4.69) is 5.32 Å². The Morgan fingerprint density at radius 1 is 1.50 bits per heavy atom. The number of hydrogen-bond donors (Lipinski definition) is 2. The van der Waals surface area contributed by atoms with Crippen LogP contribution in [0.25, 0.3) is 0 Å². The summed E-state index contributed by atoms with van der Waals surface area (Å²) in [7, 11) is 1.74. The molecule has 0 fully saturated rings. The SMILES string of the molecule is CNc1ccccc1OC(N)=O. The maximum atomic E-state index is 10.4. The number of nitrogens with two attached hydrogens (primary N) is 1. The average molecular weight is 166 g/mol. The first-order valence-corrected chi connectivity index (χ1v) is 3.48. The zero-order valence-electron chi connectivity index (χ0n) is 6.70. The highest BCUT2D eigenvalue weighted by Gasteiger charge is 2.02. The van der Waals surface area contributed by atoms with Crippen molar-refractivity contribution in [3.05, 3.63) is 24.3 Å². The third kappa shape index (κ3) is 1.88. The van der Waals surface area contributed by atoms with Gasteiger partial charge in [-0.2, -0.15) is 0 Å². The van der Waals surface area contributed by atoms with Gasteiger partial charge in [-0.1, -0.05) is 12.1 Å². The van der Waals surface area contributed by atoms with Crippen molar-refractivity contribution in [1.82, 2.24) is 0 Å². The van der Waals surface area contributed by atoms with E-state index in [1.54, 1.807) is 25.2 Å². The standard InChI is InChI=1S/C8H10N2O2/c1-10-6-4-2-3-5-7(6)12-8(9)11/h2-5,10H,1H3,(H2,9,11). The Kier molecular flexibility index (Phi) is 2.53. The number of ether oxygens (including phenoxy) is 1. The Bertz CT molecular complexity index is 286. The second kappa shape index (κ2) is 3.61. The predicted molar refractivity (Wildman–Crippen MR) is 46.2 cm³/mol. The van der Waals surface area contributed by atoms with E-state index in [1.807, 2.05) is 6.07 Å². The highest BCUT2D eigenvalue weighted by molar-refractivity contribution is 5.71. The minimum atomic E-state index is -0.808. The van der Waals surface area contributed by atoms with Gasteiger partial charge in [-0.15, -0.1) is 0 Å². The lowest BCUT2D eigenvalue weighted by molar-refractivity contribution is 0.211. The fraction of sp³-hybridized carbons (Fsp3) is 0.125. The highest BCUT2D eigenvalue weighted by atomic mass is 16.5. The molecule has 1 rings (SSSR count). The van der Waals surface area contributed by atoms with Gasteiger partial charge in [0, 0.05) is 7.05 Å². The summed E-state index contributed by atoms with van der Waals surface area (Å²) in [5, 5.41) is 2.87. The molecule has 12 heavy (non-hydrogen) atoms. The molecule has 0 aliphatic rings. The van der Waals surface area contributed by atoms with Crippen molar-refractivity contribution < 1.29 is 9.53 Å². The van der Waals surface area contributed by atoms with E-state index in [-0.39, 0.29) is 0 Å². The van der Waals surface area contributed by atoms with Crippen molar-refractivity contribution in [3.8, 4) is 5.75 Å². The van der Waals surface area contributed by atoms with Gasteiger partial charge in [0.2, 0.25) is 0 Å². The van der Waals surface area contributed by atoms with Gasteiger partial charge in [0.15, 0.2) is 5.75 Å². The Balaban J connectivity index is 2.89. The summed E-state index contributed by atoms with van der Waals surface area (Å²) in [6.07, 6.45) is -0.808. The Labute approximate surface area is 70.3 Å². The van der Waals surface area contributed by atoms with Crippen molar-refractivity contribution in [3.63, 3.8) is 0 Å². The quantitative estimate of drug-likeness (QED) is 0.693. The molecule has 0 aromatic heterocycles. The third-order valence-corrected chi connectivity index (χ3v) is 1.37. The molecular formula is C8H10N2O2. The molecule has 0 aliphatic heterocycles. The van der Waals surface area contributed by atoms with Crippen LogP contribution in [-0.2, 0) is 0 Å². The smallest absolute Gasteiger partial charge is 0.408 e. The molecule has 1 aromatic carbocycles. The minimum Gasteiger partial charge on any atom is -0.408 e. The number of primary amides is 1. The summed E-state index contributed by atoms with van der Waals surface area (Å²) < 4.78 is 4.71. The van der Waals surface area contributed by atoms with E-state index in [9.17, 15) is 4.79 Å². The normalized spacial score (nSPS) is 9.08. The molecule has 4 heteroatoms. The van der Waals surface area contributed by atoms with Crippen LogP contribution in [0, 0.1) is 0 Å². The number of rotatable bonds is 2. The van der Waals surface area contributed by atoms with Crippen molar-refractivity contribution in [1.29, 1.82) is 0 Å². The molecule has 4 nitrogen and oxygen atoms in total. The number of nitrogens with one attached hydrogen (secondary N) is 1. The van der Waals surface area contributed by atoms with Gasteiger partial charge in [0.1, 0.15) is 0 Å². The van der Waals surface area contributed by atoms with E-state index in [0.29, 0.717) is 5.75 Å². The Morgan fingerprint density at radius 3 is 2.75 bits per heavy atom. The molecule has 1 aromatic rings. The average Bonchev–Trinajstić information content (AvgIpc) is 2.04. The van der Waals surface area contributed by atoms with Crippen LogP contribution >= 0.6 is 0 Å². The van der Waals surface area contributed by atoms with Crippen molar-refractivity contribution in [2.45, 2.75) is 0 Å². The lowest BCUT2D eigenvalue weighted by Gasteiger charge is -2.06. The molecule has 1 amide bonds. The van der Waals surface area contributed by atoms with Crippen LogP contribution in [0.3, 0.4) is 0 Å². The van der Waals surface area contributed by atoms with Crippen LogP contribution in [0.4, 0.5) is 10.5 Å². The molecule has 0 saturated heterocycles. The summed E-state index contributed by atoms with van der Waals surface area (Å²) in [6, 6.07) is 7.05. The van der Waals surface area contributed by atoms with Crippen LogP contribution in [0.2, 0.25) is 0 Å². The topological polar surface area (TPSA) is 64.3 Å². The molecule has 64 valence electrons. The zero-order chi connectivity index (χ0) is 8.97. The Morgan fingerprint density at radius 2 is 2.17 bits per heavy atom. The molecule has 0 heterocycles. The first kappa shape index (κ1) is 8.39. The molecule has 0 aliphatic carbocycles. The number of benzene rings is 1. The predicted octanol–water partition coefficient (Wildman–Crippen LogP) is 1.19. The van der Waals surface area contributed by atoms with Crippen molar-refractivity contribution >= 4 is 11.8 Å². The summed E-state index contributed by atoms with van der Waals surface area (Å²) >= 11 is 0. The zero-order valence-corrected chi connectivity index (χ0v) is 6.70. The molecule has 0 unspecified atom stereocenters. The van der Waals surface area contributed by atoms with E-state index >= 15 is 0 Å². The molecule has 0 saturated carbocycles. The van der Waals surface area contributed by atoms with Crippen LogP contribution < -0.4 is 15.8 Å². The summed E-state index contributed by atoms with van der Waals surface area (Å²) in [5.41, 5.74) is 5.59. The number of anilines is 1. The van der Waals surface area contributed by atoms with Gasteiger partial charge >= 0.3 is 6.09 Å². The molecule has 0 radical (unpaired) electrons. The van der Waals surface area contributed by atoms with Crippen molar-refractivity contribution in [2.24, 2.45) is 5.73 Å². The summed E-state index contributed by atoms with van der Waals surface area (Å²) in [5.74, 6) is 0.438. The van der Waals surface area contributed by atoms with Gasteiger partial charge in [0.25, 0.3) is 0 Å². The minimum absolute atomic E-state index is 0.438. The fourth-order valence-electron chi connectivity index (χ4n) is 0.871. The molecular weight excluding hydrogens is 156 g/mol. The van der Waals surface area contributed by atoms with E-state index in [4.69, 9.17) is 10.5 Å². The fourth-order valence-corrected chi connectivity index (χ4v) is 0.871. The molecule has 3 N–H and O–H groups in total. The highest BCUT2D eigenvalue weighted by Crippen LogP contribution is 2.22. The van der Waals surface area contributed by atoms with E-state index in [1.165, 1.54) is 0 Å². The lowest BCUT2D eigenvalue weighted by Crippen LogP contribution is -2.16. The van der Waals surface area contributed by atoms with Gasteiger partial charge in [-0.3, -0.25) is 0 Å². The maximum Gasteiger partial charge on any atom is 0.410 e. The van der Waals surface area contributed by atoms with E-state index in [0.717, 1.165) is 5.69 Å². The number of carbonyl (C=O) groups is 1. The second-order valence-electron chi connectivity index (χ2n) is 2.17. The number of carbonyl (C=O) groups excluding carboxylic acids is 1. The first-order chi connectivity index (χ1) is 5.74. The second-order valence-corrected chi connectivity index (χ2v) is 2.17. The summed E-state index contributed by atoms with van der Waals surface area (Å²) in [4.78, 5) is 10.4. The number of para-hydroxylation sites is 2. The Hall–Kier alpha value is -1.71. The van der Waals surface area contributed by atoms with Gasteiger partial charge in [-0.05, 0) is 12.1 Å². The van der Waals surface area contributed by atoms with Crippen LogP contribution in [-0.4, -0.2) is 13.1 Å². The molecule has 0 spiro atoms. The maximum absolute atomic E-state index is 10.4. The number of hydrogen-bond acceptors (Lipinski definition) is 3. The van der Waals surface area contributed by atoms with Gasteiger partial charge < -0.3 is 15.8 Å².